The average molecular weight is 378 g/mol. The number of allylic oxidation sites excluding steroid dienone is 1. The van der Waals surface area contributed by atoms with E-state index in [9.17, 15) is 9.59 Å². The van der Waals surface area contributed by atoms with E-state index in [2.05, 4.69) is 23.8 Å². The molecule has 1 fully saturated rings. The van der Waals surface area contributed by atoms with E-state index in [1.807, 2.05) is 13.8 Å². The molecule has 0 bridgehead atoms. The van der Waals surface area contributed by atoms with Crippen molar-refractivity contribution in [1.29, 1.82) is 0 Å². The van der Waals surface area contributed by atoms with Crippen LogP contribution in [0.3, 0.4) is 0 Å². The van der Waals surface area contributed by atoms with Crippen LogP contribution in [0, 0.1) is 19.8 Å². The van der Waals surface area contributed by atoms with Gasteiger partial charge in [-0.1, -0.05) is 17.8 Å². The number of carbonyl (C=O) groups is 1. The number of rotatable bonds is 7. The predicted octanol–water partition coefficient (Wildman–Crippen LogP) is 3.27. The zero-order valence-electron chi connectivity index (χ0n) is 14.8. The molecule has 0 aliphatic heterocycles. The van der Waals surface area contributed by atoms with Gasteiger partial charge in [0, 0.05) is 17.5 Å². The molecule has 2 heterocycles. The van der Waals surface area contributed by atoms with Crippen molar-refractivity contribution in [2.45, 2.75) is 51.4 Å². The van der Waals surface area contributed by atoms with Crippen LogP contribution in [-0.2, 0) is 11.3 Å². The Balaban J connectivity index is 1.84. The smallest absolute Gasteiger partial charge is 0.263 e. The van der Waals surface area contributed by atoms with Crippen LogP contribution in [-0.4, -0.2) is 27.3 Å². The van der Waals surface area contributed by atoms with Crippen molar-refractivity contribution in [3.63, 3.8) is 0 Å². The lowest BCUT2D eigenvalue weighted by molar-refractivity contribution is -0.119. The minimum Gasteiger partial charge on any atom is -0.353 e. The molecule has 5 nitrogen and oxygen atoms in total. The van der Waals surface area contributed by atoms with E-state index >= 15 is 0 Å². The second-order valence-electron chi connectivity index (χ2n) is 6.54. The Bertz CT molecular complexity index is 881. The summed E-state index contributed by atoms with van der Waals surface area (Å²) in [6, 6.07) is 0.224. The first-order chi connectivity index (χ1) is 11.9. The van der Waals surface area contributed by atoms with E-state index in [-0.39, 0.29) is 23.3 Å². The number of fused-ring (bicyclic) bond motifs is 1. The van der Waals surface area contributed by atoms with Gasteiger partial charge in [0.05, 0.1) is 11.1 Å². The van der Waals surface area contributed by atoms with Gasteiger partial charge in [-0.3, -0.25) is 14.2 Å². The van der Waals surface area contributed by atoms with Gasteiger partial charge in [-0.05, 0) is 45.1 Å². The maximum Gasteiger partial charge on any atom is 0.263 e. The summed E-state index contributed by atoms with van der Waals surface area (Å²) in [6.07, 6.45) is 4.08. The van der Waals surface area contributed by atoms with E-state index in [1.54, 1.807) is 10.6 Å². The molecule has 1 atom stereocenters. The molecule has 25 heavy (non-hydrogen) atoms. The van der Waals surface area contributed by atoms with Gasteiger partial charge in [-0.25, -0.2) is 4.98 Å². The molecule has 2 aromatic heterocycles. The highest BCUT2D eigenvalue weighted by Gasteiger charge is 2.28. The molecule has 0 unspecified atom stereocenters. The van der Waals surface area contributed by atoms with Crippen molar-refractivity contribution in [3.05, 3.63) is 33.4 Å². The number of nitrogens with zero attached hydrogens (tertiary/aromatic N) is 2. The highest BCUT2D eigenvalue weighted by Crippen LogP contribution is 2.32. The van der Waals surface area contributed by atoms with Crippen molar-refractivity contribution < 1.29 is 4.79 Å². The molecule has 1 saturated carbocycles. The van der Waals surface area contributed by atoms with E-state index < -0.39 is 0 Å². The molecule has 1 aliphatic carbocycles. The van der Waals surface area contributed by atoms with Gasteiger partial charge < -0.3 is 5.32 Å². The van der Waals surface area contributed by atoms with Crippen molar-refractivity contribution in [2.24, 2.45) is 5.92 Å². The summed E-state index contributed by atoms with van der Waals surface area (Å²) in [5, 5.41) is 4.29. The molecule has 1 aliphatic rings. The molecule has 0 saturated heterocycles. The Morgan fingerprint density at radius 3 is 2.88 bits per heavy atom. The second kappa shape index (κ2) is 7.33. The molecule has 1 N–H and O–H groups in total. The van der Waals surface area contributed by atoms with Gasteiger partial charge in [0.1, 0.15) is 4.83 Å². The zero-order chi connectivity index (χ0) is 18.1. The zero-order valence-corrected chi connectivity index (χ0v) is 16.4. The second-order valence-corrected chi connectivity index (χ2v) is 8.69. The molecule has 1 amide bonds. The maximum absolute atomic E-state index is 12.9. The molecule has 0 aromatic carbocycles. The average Bonchev–Trinajstić information content (AvgIpc) is 3.36. The van der Waals surface area contributed by atoms with Crippen molar-refractivity contribution in [2.75, 3.05) is 5.75 Å². The van der Waals surface area contributed by atoms with Gasteiger partial charge in [-0.2, -0.15) is 0 Å². The van der Waals surface area contributed by atoms with Gasteiger partial charge in [0.25, 0.3) is 5.56 Å². The third-order valence-electron chi connectivity index (χ3n) is 4.62. The Labute approximate surface area is 155 Å². The molecule has 3 rings (SSSR count). The van der Waals surface area contributed by atoms with Crippen molar-refractivity contribution in [3.8, 4) is 0 Å². The Morgan fingerprint density at radius 2 is 2.24 bits per heavy atom. The number of thioether (sulfide) groups is 1. The number of hydrogen-bond donors (Lipinski definition) is 1. The number of nitrogens with one attached hydrogen (secondary N) is 1. The van der Waals surface area contributed by atoms with Crippen LogP contribution >= 0.6 is 23.1 Å². The van der Waals surface area contributed by atoms with Gasteiger partial charge in [0.2, 0.25) is 5.91 Å². The highest BCUT2D eigenvalue weighted by molar-refractivity contribution is 7.99. The lowest BCUT2D eigenvalue weighted by Crippen LogP contribution is -2.35. The standard InChI is InChI=1S/C18H23N3O2S2/c1-5-8-21-17(23)15-10(2)12(4)25-16(15)20-18(21)24-9-14(22)19-11(3)13-6-7-13/h5,11,13H,1,6-9H2,2-4H3,(H,19,22)/t11-/m0/s1. The molecule has 7 heteroatoms. The van der Waals surface area contributed by atoms with Crippen molar-refractivity contribution >= 4 is 39.2 Å². The van der Waals surface area contributed by atoms with Gasteiger partial charge >= 0.3 is 0 Å². The fourth-order valence-electron chi connectivity index (χ4n) is 2.85. The number of aromatic nitrogens is 2. The number of carbonyl (C=O) groups excluding carboxylic acids is 1. The predicted molar refractivity (Wildman–Crippen MR) is 105 cm³/mol. The minimum atomic E-state index is -0.0546. The Hall–Kier alpha value is -1.60. The summed E-state index contributed by atoms with van der Waals surface area (Å²) < 4.78 is 1.61. The number of hydrogen-bond acceptors (Lipinski definition) is 5. The lowest BCUT2D eigenvalue weighted by atomic mass is 10.2. The molecule has 2 aromatic rings. The molecular formula is C18H23N3O2S2. The Kier molecular flexibility index (Phi) is 5.34. The first-order valence-corrected chi connectivity index (χ1v) is 10.3. The summed E-state index contributed by atoms with van der Waals surface area (Å²) in [7, 11) is 0. The van der Waals surface area contributed by atoms with Crippen LogP contribution in [0.5, 0.6) is 0 Å². The summed E-state index contributed by atoms with van der Waals surface area (Å²) >= 11 is 2.84. The Morgan fingerprint density at radius 1 is 1.52 bits per heavy atom. The fourth-order valence-corrected chi connectivity index (χ4v) is 4.74. The normalized spacial score (nSPS) is 15.3. The van der Waals surface area contributed by atoms with Crippen LogP contribution in [0.15, 0.2) is 22.6 Å². The van der Waals surface area contributed by atoms with E-state index in [0.717, 1.165) is 15.3 Å². The van der Waals surface area contributed by atoms with Crippen LogP contribution in [0.2, 0.25) is 0 Å². The number of amides is 1. The number of thiophene rings is 1. The molecule has 134 valence electrons. The summed E-state index contributed by atoms with van der Waals surface area (Å²) in [6.45, 7) is 10.1. The first-order valence-electron chi connectivity index (χ1n) is 8.46. The lowest BCUT2D eigenvalue weighted by Gasteiger charge is -2.13. The summed E-state index contributed by atoms with van der Waals surface area (Å²) in [5.41, 5.74) is 0.934. The van der Waals surface area contributed by atoms with E-state index in [0.29, 0.717) is 23.0 Å². The molecule has 0 spiro atoms. The van der Waals surface area contributed by atoms with Crippen LogP contribution in [0.4, 0.5) is 0 Å². The van der Waals surface area contributed by atoms with E-state index in [4.69, 9.17) is 0 Å². The summed E-state index contributed by atoms with van der Waals surface area (Å²) in [4.78, 5) is 31.5. The third kappa shape index (κ3) is 3.82. The fraction of sp³-hybridized carbons (Fsp3) is 0.500. The largest absolute Gasteiger partial charge is 0.353 e. The van der Waals surface area contributed by atoms with Crippen LogP contribution in [0.1, 0.15) is 30.2 Å². The van der Waals surface area contributed by atoms with Gasteiger partial charge in [-0.15, -0.1) is 17.9 Å². The quantitative estimate of drug-likeness (QED) is 0.457. The van der Waals surface area contributed by atoms with Crippen molar-refractivity contribution in [1.82, 2.24) is 14.9 Å². The van der Waals surface area contributed by atoms with Crippen LogP contribution in [0.25, 0.3) is 10.2 Å². The van der Waals surface area contributed by atoms with E-state index in [1.165, 1.54) is 35.9 Å². The topological polar surface area (TPSA) is 64.0 Å². The monoisotopic (exact) mass is 377 g/mol. The summed E-state index contributed by atoms with van der Waals surface area (Å²) in [5.74, 6) is 0.872. The van der Waals surface area contributed by atoms with Crippen LogP contribution < -0.4 is 10.9 Å². The minimum absolute atomic E-state index is 0.0116. The highest BCUT2D eigenvalue weighted by atomic mass is 32.2. The van der Waals surface area contributed by atoms with Gasteiger partial charge in [0.15, 0.2) is 5.16 Å². The molecular weight excluding hydrogens is 354 g/mol. The SMILES string of the molecule is C=CCn1c(SCC(=O)N[C@@H](C)C2CC2)nc2sc(C)c(C)c2c1=O. The molecule has 0 radical (unpaired) electrons. The first kappa shape index (κ1) is 18.2. The number of aryl methyl sites for hydroxylation is 2. The maximum atomic E-state index is 12.9. The third-order valence-corrected chi connectivity index (χ3v) is 6.69.